The molecular weight excluding hydrogens is 844 g/mol. The van der Waals surface area contributed by atoms with Crippen molar-refractivity contribution in [3.05, 3.63) is 0 Å². The van der Waals surface area contributed by atoms with E-state index in [1.54, 1.807) is 6.92 Å². The van der Waals surface area contributed by atoms with Crippen molar-refractivity contribution in [3.8, 4) is 0 Å². The van der Waals surface area contributed by atoms with Crippen molar-refractivity contribution in [2.75, 3.05) is 232 Å². The van der Waals surface area contributed by atoms with Crippen LogP contribution in [0.5, 0.6) is 0 Å². The first kappa shape index (κ1) is 62.5. The van der Waals surface area contributed by atoms with E-state index in [0.29, 0.717) is 224 Å². The number of nitrogens with one attached hydrogen (secondary N) is 2. The molecule has 1 amide bonds. The summed E-state index contributed by atoms with van der Waals surface area (Å²) in [5.74, 6) is 0.563. The lowest BCUT2D eigenvalue weighted by Gasteiger charge is -2.13. The standard InChI is InChI=1S/C44H88N2O18/c1-41(37-61-33-29-57-25-21-53-17-13-49-9-5-43(3)47)38-62-34-30-58-26-22-54-18-14-50-10-6-44(48)46-8-12-52-16-20-56-24-28-60-32-36-64-40-42(2)39-63-35-31-59-27-23-55-19-15-51-11-7-45-4/h41-42,45H,5-40H2,1-4H3,(H,46,48). The molecule has 0 aliphatic heterocycles. The predicted octanol–water partition coefficient (Wildman–Crippen LogP) is 1.23. The van der Waals surface area contributed by atoms with E-state index in [2.05, 4.69) is 24.5 Å². The zero-order valence-electron chi connectivity index (χ0n) is 40.0. The maximum Gasteiger partial charge on any atom is 0.222 e. The SMILES string of the molecule is CNCCOCCOCCOCCOCC(C)COCCOCCOCCOCCNC(=O)CCOCCOCCOCCOCC(C)COCCOCCOCCOCCC(C)=O. The Balaban J connectivity index is 3.25. The monoisotopic (exact) mass is 933 g/mol. The molecule has 64 heavy (non-hydrogen) atoms. The molecule has 2 unspecified atom stereocenters. The van der Waals surface area contributed by atoms with Gasteiger partial charge in [0.15, 0.2) is 0 Å². The third kappa shape index (κ3) is 54.8. The van der Waals surface area contributed by atoms with E-state index in [1.807, 2.05) is 7.05 Å². The van der Waals surface area contributed by atoms with Crippen molar-refractivity contribution in [1.29, 1.82) is 0 Å². The normalized spacial score (nSPS) is 12.6. The van der Waals surface area contributed by atoms with Gasteiger partial charge < -0.3 is 86.4 Å². The van der Waals surface area contributed by atoms with Crippen molar-refractivity contribution in [1.82, 2.24) is 10.6 Å². The fraction of sp³-hybridized carbons (Fsp3) is 0.955. The number of amides is 1. The van der Waals surface area contributed by atoms with Crippen LogP contribution in [-0.4, -0.2) is 243 Å². The molecular formula is C44H88N2O18. The van der Waals surface area contributed by atoms with Gasteiger partial charge in [0.1, 0.15) is 5.78 Å². The molecule has 0 radical (unpaired) electrons. The molecule has 0 aromatic heterocycles. The molecule has 382 valence electrons. The molecule has 2 N–H and O–H groups in total. The van der Waals surface area contributed by atoms with Gasteiger partial charge in [-0.3, -0.25) is 9.59 Å². The minimum atomic E-state index is -0.0930. The number of likely N-dealkylation sites (N-methyl/N-ethyl adjacent to an activating group) is 1. The Labute approximate surface area is 384 Å². The number of carbonyl (C=O) groups is 2. The van der Waals surface area contributed by atoms with Gasteiger partial charge >= 0.3 is 0 Å². The molecule has 0 bridgehead atoms. The third-order valence-electron chi connectivity index (χ3n) is 8.21. The molecule has 20 nitrogen and oxygen atoms in total. The van der Waals surface area contributed by atoms with E-state index in [9.17, 15) is 9.59 Å². The quantitative estimate of drug-likeness (QED) is 0.0823. The summed E-state index contributed by atoms with van der Waals surface area (Å²) >= 11 is 0. The van der Waals surface area contributed by atoms with Crippen molar-refractivity contribution < 1.29 is 85.4 Å². The second kappa shape index (κ2) is 54.1. The number of hydrogen-bond acceptors (Lipinski definition) is 19. The van der Waals surface area contributed by atoms with Crippen LogP contribution < -0.4 is 10.6 Å². The van der Waals surface area contributed by atoms with Crippen molar-refractivity contribution >= 4 is 11.7 Å². The fourth-order valence-electron chi connectivity index (χ4n) is 4.78. The van der Waals surface area contributed by atoms with Gasteiger partial charge in [-0.2, -0.15) is 0 Å². The largest absolute Gasteiger partial charge is 0.379 e. The van der Waals surface area contributed by atoms with Gasteiger partial charge in [-0.25, -0.2) is 0 Å². The van der Waals surface area contributed by atoms with Crippen molar-refractivity contribution in [3.63, 3.8) is 0 Å². The molecule has 0 aromatic carbocycles. The van der Waals surface area contributed by atoms with Crippen LogP contribution in [0, 0.1) is 11.8 Å². The van der Waals surface area contributed by atoms with Gasteiger partial charge in [0.2, 0.25) is 5.91 Å². The highest BCUT2D eigenvalue weighted by Gasteiger charge is 2.05. The van der Waals surface area contributed by atoms with Gasteiger partial charge in [0, 0.05) is 37.8 Å². The van der Waals surface area contributed by atoms with E-state index < -0.39 is 0 Å². The molecule has 0 heterocycles. The van der Waals surface area contributed by atoms with Crippen LogP contribution in [-0.2, 0) is 85.4 Å². The summed E-state index contributed by atoms with van der Waals surface area (Å²) in [5.41, 5.74) is 0. The predicted molar refractivity (Wildman–Crippen MR) is 238 cm³/mol. The molecule has 0 spiro atoms. The summed E-state index contributed by atoms with van der Waals surface area (Å²) in [4.78, 5) is 22.8. The van der Waals surface area contributed by atoms with Crippen LogP contribution in [0.25, 0.3) is 0 Å². The average molecular weight is 933 g/mol. The highest BCUT2D eigenvalue weighted by Crippen LogP contribution is 1.99. The Morgan fingerprint density at radius 2 is 0.562 bits per heavy atom. The molecule has 0 aliphatic rings. The topological polar surface area (TPSA) is 206 Å². The van der Waals surface area contributed by atoms with Gasteiger partial charge in [-0.05, 0) is 14.0 Å². The molecule has 2 atom stereocenters. The van der Waals surface area contributed by atoms with E-state index in [1.165, 1.54) is 0 Å². The zero-order chi connectivity index (χ0) is 46.5. The Kier molecular flexibility index (Phi) is 52.8. The lowest BCUT2D eigenvalue weighted by molar-refractivity contribution is -0.122. The molecule has 20 heteroatoms. The highest BCUT2D eigenvalue weighted by molar-refractivity contribution is 5.76. The Morgan fingerprint density at radius 3 is 0.844 bits per heavy atom. The minimum Gasteiger partial charge on any atom is -0.379 e. The number of ketones is 1. The summed E-state index contributed by atoms with van der Waals surface area (Å²) in [6, 6.07) is 0. The number of rotatable bonds is 56. The maximum atomic E-state index is 12.0. The van der Waals surface area contributed by atoms with Gasteiger partial charge in [-0.1, -0.05) is 13.8 Å². The summed E-state index contributed by atoms with van der Waals surface area (Å²) in [7, 11) is 1.89. The van der Waals surface area contributed by atoms with Crippen LogP contribution in [0.4, 0.5) is 0 Å². The lowest BCUT2D eigenvalue weighted by Crippen LogP contribution is -2.28. The van der Waals surface area contributed by atoms with Gasteiger partial charge in [0.25, 0.3) is 0 Å². The van der Waals surface area contributed by atoms with Crippen LogP contribution in [0.1, 0.15) is 33.6 Å². The number of ether oxygens (including phenoxy) is 16. The summed E-state index contributed by atoms with van der Waals surface area (Å²) in [5, 5.41) is 5.83. The van der Waals surface area contributed by atoms with Crippen molar-refractivity contribution in [2.45, 2.75) is 33.6 Å². The van der Waals surface area contributed by atoms with E-state index in [-0.39, 0.29) is 29.9 Å². The number of hydrogen-bond donors (Lipinski definition) is 2. The van der Waals surface area contributed by atoms with E-state index in [0.717, 1.165) is 6.54 Å². The fourth-order valence-corrected chi connectivity index (χ4v) is 4.78. The minimum absolute atomic E-state index is 0.0930. The molecule has 0 saturated carbocycles. The molecule has 0 aromatic rings. The smallest absolute Gasteiger partial charge is 0.222 e. The molecule has 0 aliphatic carbocycles. The Hall–Kier alpha value is -1.54. The van der Waals surface area contributed by atoms with Crippen LogP contribution in [0.15, 0.2) is 0 Å². The first-order valence-electron chi connectivity index (χ1n) is 23.1. The number of carbonyl (C=O) groups excluding carboxylic acids is 2. The van der Waals surface area contributed by atoms with E-state index in [4.69, 9.17) is 75.8 Å². The van der Waals surface area contributed by atoms with Crippen LogP contribution in [0.3, 0.4) is 0 Å². The highest BCUT2D eigenvalue weighted by atomic mass is 16.6. The summed E-state index contributed by atoms with van der Waals surface area (Å²) in [6.45, 7) is 23.0. The number of Topliss-reactive ketones (excluding diaryl/α,β-unsaturated/α-hetero) is 1. The molecule has 0 rings (SSSR count). The molecule has 0 saturated heterocycles. The first-order chi connectivity index (χ1) is 31.5. The maximum absolute atomic E-state index is 12.0. The zero-order valence-corrected chi connectivity index (χ0v) is 40.0. The van der Waals surface area contributed by atoms with Gasteiger partial charge in [0.05, 0.1) is 211 Å². The average Bonchev–Trinajstić information content (AvgIpc) is 3.28. The van der Waals surface area contributed by atoms with Gasteiger partial charge in [-0.15, -0.1) is 0 Å². The second-order valence-electron chi connectivity index (χ2n) is 14.5. The Morgan fingerprint density at radius 1 is 0.328 bits per heavy atom. The van der Waals surface area contributed by atoms with Crippen LogP contribution >= 0.6 is 0 Å². The molecule has 0 fully saturated rings. The third-order valence-corrected chi connectivity index (χ3v) is 8.21. The lowest BCUT2D eigenvalue weighted by atomic mass is 10.2. The summed E-state index contributed by atoms with van der Waals surface area (Å²) in [6.07, 6.45) is 0.705. The second-order valence-corrected chi connectivity index (χ2v) is 14.5. The summed E-state index contributed by atoms with van der Waals surface area (Å²) < 4.78 is 88.2. The van der Waals surface area contributed by atoms with E-state index >= 15 is 0 Å². The first-order valence-corrected chi connectivity index (χ1v) is 23.1. The Bertz CT molecular complexity index is 947. The van der Waals surface area contributed by atoms with Crippen LogP contribution in [0.2, 0.25) is 0 Å². The van der Waals surface area contributed by atoms with Crippen molar-refractivity contribution in [2.24, 2.45) is 11.8 Å².